The molecular formula is C11H9N2O4PS-2. The van der Waals surface area contributed by atoms with Gasteiger partial charge in [-0.05, 0) is 19.2 Å². The van der Waals surface area contributed by atoms with Crippen molar-refractivity contribution in [2.75, 3.05) is 12.1 Å². The van der Waals surface area contributed by atoms with E-state index >= 15 is 0 Å². The number of hydrogen-bond donors (Lipinski definition) is 1. The highest BCUT2D eigenvalue weighted by Gasteiger charge is 2.26. The molecule has 0 unspecified atom stereocenters. The minimum Gasteiger partial charge on any atom is -0.808 e. The van der Waals surface area contributed by atoms with E-state index in [0.29, 0.717) is 17.3 Å². The fourth-order valence-corrected chi connectivity index (χ4v) is 3.28. The molecule has 0 fully saturated rings. The van der Waals surface area contributed by atoms with Gasteiger partial charge in [0.2, 0.25) is 0 Å². The second kappa shape index (κ2) is 4.31. The van der Waals surface area contributed by atoms with Crippen LogP contribution in [0.3, 0.4) is 0 Å². The number of aromatic nitrogens is 1. The first-order valence-corrected chi connectivity index (χ1v) is 8.00. The number of fused-ring (bicyclic) bond motifs is 3. The van der Waals surface area contributed by atoms with Crippen LogP contribution in [-0.2, 0) is 11.0 Å². The molecule has 3 rings (SSSR count). The number of ether oxygens (including phenoxy) is 1. The largest absolute Gasteiger partial charge is 0.808 e. The van der Waals surface area contributed by atoms with Crippen molar-refractivity contribution in [3.8, 4) is 17.0 Å². The third kappa shape index (κ3) is 2.37. The molecular weight excluding hydrogens is 287 g/mol. The maximum absolute atomic E-state index is 10.7. The summed E-state index contributed by atoms with van der Waals surface area (Å²) in [4.78, 5) is 26.6. The molecule has 0 saturated heterocycles. The molecule has 0 radical (unpaired) electrons. The zero-order valence-corrected chi connectivity index (χ0v) is 11.4. The maximum atomic E-state index is 10.7. The average molecular weight is 296 g/mol. The SMILES string of the molecule is Nc1nc2c(s1)Cc1cccc(OCP(=O)([O-])[O-])c1-2. The summed E-state index contributed by atoms with van der Waals surface area (Å²) in [6.45, 7) is 0. The summed E-state index contributed by atoms with van der Waals surface area (Å²) in [5.74, 6) is 0.355. The Kier molecular flexibility index (Phi) is 2.87. The number of nitrogen functional groups attached to an aromatic ring is 1. The maximum Gasteiger partial charge on any atom is 0.180 e. The molecule has 0 aliphatic heterocycles. The number of nitrogens with two attached hydrogens (primary N) is 1. The summed E-state index contributed by atoms with van der Waals surface area (Å²) in [7, 11) is -4.70. The molecule has 1 aliphatic rings. The van der Waals surface area contributed by atoms with Crippen molar-refractivity contribution in [3.05, 3.63) is 28.6 Å². The fourth-order valence-electron chi connectivity index (χ4n) is 2.12. The first-order valence-electron chi connectivity index (χ1n) is 5.45. The molecule has 19 heavy (non-hydrogen) atoms. The third-order valence-corrected chi connectivity index (χ3v) is 4.12. The predicted octanol–water partition coefficient (Wildman–Crippen LogP) is 0.546. The van der Waals surface area contributed by atoms with Crippen LogP contribution in [0.4, 0.5) is 5.13 Å². The summed E-state index contributed by atoms with van der Waals surface area (Å²) < 4.78 is 15.8. The van der Waals surface area contributed by atoms with Gasteiger partial charge in [0.1, 0.15) is 12.1 Å². The van der Waals surface area contributed by atoms with Gasteiger partial charge in [0.15, 0.2) is 5.13 Å². The van der Waals surface area contributed by atoms with Crippen molar-refractivity contribution in [1.29, 1.82) is 0 Å². The van der Waals surface area contributed by atoms with E-state index in [4.69, 9.17) is 10.5 Å². The average Bonchev–Trinajstić information content (AvgIpc) is 2.80. The van der Waals surface area contributed by atoms with Crippen molar-refractivity contribution >= 4 is 24.1 Å². The van der Waals surface area contributed by atoms with Crippen LogP contribution in [0.5, 0.6) is 5.75 Å². The van der Waals surface area contributed by atoms with Gasteiger partial charge in [0, 0.05) is 16.9 Å². The molecule has 8 heteroatoms. The number of thiazole rings is 1. The molecule has 0 bridgehead atoms. The highest BCUT2D eigenvalue weighted by Crippen LogP contribution is 2.45. The monoisotopic (exact) mass is 296 g/mol. The zero-order chi connectivity index (χ0) is 13.6. The minimum atomic E-state index is -4.70. The fraction of sp³-hybridized carbons (Fsp3) is 0.182. The van der Waals surface area contributed by atoms with Gasteiger partial charge in [-0.1, -0.05) is 12.1 Å². The summed E-state index contributed by atoms with van der Waals surface area (Å²) >= 11 is 1.40. The van der Waals surface area contributed by atoms with Crippen LogP contribution >= 0.6 is 18.9 Å². The van der Waals surface area contributed by atoms with E-state index in [0.717, 1.165) is 21.7 Å². The van der Waals surface area contributed by atoms with Crippen molar-refractivity contribution in [2.24, 2.45) is 0 Å². The zero-order valence-electron chi connectivity index (χ0n) is 9.66. The Hall–Kier alpha value is -1.40. The predicted molar refractivity (Wildman–Crippen MR) is 67.9 cm³/mol. The van der Waals surface area contributed by atoms with E-state index in [9.17, 15) is 14.4 Å². The summed E-state index contributed by atoms with van der Waals surface area (Å²) in [6.07, 6.45) is -0.165. The van der Waals surface area contributed by atoms with Crippen LogP contribution in [0.2, 0.25) is 0 Å². The van der Waals surface area contributed by atoms with Gasteiger partial charge in [-0.25, -0.2) is 4.98 Å². The summed E-state index contributed by atoms with van der Waals surface area (Å²) in [6, 6.07) is 5.30. The minimum absolute atomic E-state index is 0.355. The number of hydrogen-bond acceptors (Lipinski definition) is 7. The lowest BCUT2D eigenvalue weighted by atomic mass is 10.1. The Morgan fingerprint density at radius 3 is 3.00 bits per heavy atom. The molecule has 0 saturated carbocycles. The molecule has 100 valence electrons. The van der Waals surface area contributed by atoms with Gasteiger partial charge in [-0.15, -0.1) is 11.3 Å². The molecule has 1 aromatic carbocycles. The molecule has 1 aromatic heterocycles. The molecule has 0 spiro atoms. The first-order chi connectivity index (χ1) is 8.94. The number of benzene rings is 1. The molecule has 2 aromatic rings. The molecule has 0 atom stereocenters. The van der Waals surface area contributed by atoms with E-state index in [1.54, 1.807) is 12.1 Å². The second-order valence-electron chi connectivity index (χ2n) is 4.18. The molecule has 1 heterocycles. The van der Waals surface area contributed by atoms with E-state index in [-0.39, 0.29) is 0 Å². The Morgan fingerprint density at radius 2 is 2.26 bits per heavy atom. The lowest BCUT2D eigenvalue weighted by Gasteiger charge is -2.29. The van der Waals surface area contributed by atoms with Crippen molar-refractivity contribution < 1.29 is 19.1 Å². The molecule has 2 N–H and O–H groups in total. The Morgan fingerprint density at radius 1 is 1.47 bits per heavy atom. The molecule has 1 aliphatic carbocycles. The number of rotatable bonds is 3. The van der Waals surface area contributed by atoms with E-state index < -0.39 is 13.9 Å². The summed E-state index contributed by atoms with van der Waals surface area (Å²) in [5.41, 5.74) is 8.12. The van der Waals surface area contributed by atoms with Crippen molar-refractivity contribution in [2.45, 2.75) is 6.42 Å². The van der Waals surface area contributed by atoms with Crippen LogP contribution in [0.25, 0.3) is 11.3 Å². The lowest BCUT2D eigenvalue weighted by molar-refractivity contribution is -0.316. The first kappa shape index (κ1) is 12.6. The smallest absolute Gasteiger partial charge is 0.180 e. The lowest BCUT2D eigenvalue weighted by Crippen LogP contribution is -2.20. The standard InChI is InChI=1S/C11H11N2O4PS/c12-11-13-10-8(19-11)4-6-2-1-3-7(9(6)10)17-5-18(14,15)16/h1-3H,4-5H2,(H2,12,13)(H2,14,15,16)/p-2. The van der Waals surface area contributed by atoms with Gasteiger partial charge in [0.25, 0.3) is 0 Å². The highest BCUT2D eigenvalue weighted by atomic mass is 32.1. The van der Waals surface area contributed by atoms with Crippen molar-refractivity contribution in [1.82, 2.24) is 4.98 Å². The van der Waals surface area contributed by atoms with Gasteiger partial charge in [-0.3, -0.25) is 0 Å². The third-order valence-electron chi connectivity index (χ3n) is 2.79. The Balaban J connectivity index is 2.01. The van der Waals surface area contributed by atoms with Gasteiger partial charge >= 0.3 is 0 Å². The Bertz CT molecular complexity index is 694. The van der Waals surface area contributed by atoms with Crippen LogP contribution in [-0.4, -0.2) is 11.3 Å². The van der Waals surface area contributed by atoms with Gasteiger partial charge in [0.05, 0.1) is 5.69 Å². The quantitative estimate of drug-likeness (QED) is 0.706. The molecule has 6 nitrogen and oxygen atoms in total. The Labute approximate surface area is 113 Å². The van der Waals surface area contributed by atoms with E-state index in [1.807, 2.05) is 6.07 Å². The molecule has 0 amide bonds. The van der Waals surface area contributed by atoms with Crippen molar-refractivity contribution in [3.63, 3.8) is 0 Å². The van der Waals surface area contributed by atoms with Crippen LogP contribution in [0, 0.1) is 0 Å². The topological polar surface area (TPSA) is 111 Å². The van der Waals surface area contributed by atoms with Gasteiger partial charge in [-0.2, -0.15) is 0 Å². The number of nitrogens with zero attached hydrogens (tertiary/aromatic N) is 1. The number of anilines is 1. The van der Waals surface area contributed by atoms with E-state index in [1.165, 1.54) is 11.3 Å². The second-order valence-corrected chi connectivity index (χ2v) is 6.77. The normalized spacial score (nSPS) is 13.2. The van der Waals surface area contributed by atoms with E-state index in [2.05, 4.69) is 4.98 Å². The van der Waals surface area contributed by atoms with Crippen LogP contribution in [0.15, 0.2) is 18.2 Å². The highest BCUT2D eigenvalue weighted by molar-refractivity contribution is 7.48. The van der Waals surface area contributed by atoms with Crippen LogP contribution < -0.4 is 20.3 Å². The summed E-state index contributed by atoms with van der Waals surface area (Å²) in [5, 5.41) is 0.462. The van der Waals surface area contributed by atoms with Crippen LogP contribution in [0.1, 0.15) is 10.4 Å². The van der Waals surface area contributed by atoms with Gasteiger partial charge < -0.3 is 24.8 Å².